The summed E-state index contributed by atoms with van der Waals surface area (Å²) in [6, 6.07) is 8.34. The molecule has 1 aromatic heterocycles. The van der Waals surface area contributed by atoms with Gasteiger partial charge in [-0.1, -0.05) is 50.3 Å². The van der Waals surface area contributed by atoms with Gasteiger partial charge in [0.15, 0.2) is 0 Å². The average molecular weight is 240 g/mol. The summed E-state index contributed by atoms with van der Waals surface area (Å²) >= 11 is 0. The molecule has 18 heavy (non-hydrogen) atoms. The molecule has 2 nitrogen and oxygen atoms in total. The maximum Gasteiger partial charge on any atom is 0.0346 e. The molecule has 0 atom stereocenters. The molecule has 0 fully saturated rings. The van der Waals surface area contributed by atoms with Crippen molar-refractivity contribution >= 4 is 16.8 Å². The zero-order chi connectivity index (χ0) is 12.8. The molecule has 0 bridgehead atoms. The Morgan fingerprint density at radius 1 is 1.22 bits per heavy atom. The van der Waals surface area contributed by atoms with Gasteiger partial charge in [-0.15, -0.1) is 0 Å². The first-order valence-corrected chi connectivity index (χ1v) is 6.47. The van der Waals surface area contributed by atoms with Crippen molar-refractivity contribution in [1.82, 2.24) is 10.3 Å². The Morgan fingerprint density at radius 3 is 2.89 bits per heavy atom. The number of fused-ring (bicyclic) bond motifs is 1. The number of benzene rings is 1. The summed E-state index contributed by atoms with van der Waals surface area (Å²) in [4.78, 5) is 4.27. The zero-order valence-corrected chi connectivity index (χ0v) is 11.1. The van der Waals surface area contributed by atoms with Crippen molar-refractivity contribution in [2.45, 2.75) is 13.8 Å². The van der Waals surface area contributed by atoms with Crippen LogP contribution in [0, 0.1) is 5.92 Å². The summed E-state index contributed by atoms with van der Waals surface area (Å²) < 4.78 is 0. The Hall–Kier alpha value is -1.67. The number of aromatic nitrogens is 1. The van der Waals surface area contributed by atoms with Gasteiger partial charge in [-0.05, 0) is 17.8 Å². The summed E-state index contributed by atoms with van der Waals surface area (Å²) in [5.74, 6) is 0.692. The largest absolute Gasteiger partial charge is 0.313 e. The van der Waals surface area contributed by atoms with Gasteiger partial charge < -0.3 is 5.32 Å². The predicted molar refractivity (Wildman–Crippen MR) is 78.5 cm³/mol. The van der Waals surface area contributed by atoms with E-state index in [0.717, 1.165) is 13.1 Å². The lowest BCUT2D eigenvalue weighted by atomic mass is 10.1. The van der Waals surface area contributed by atoms with Crippen LogP contribution in [0.1, 0.15) is 19.4 Å². The highest BCUT2D eigenvalue weighted by molar-refractivity contribution is 5.89. The second-order valence-electron chi connectivity index (χ2n) is 4.90. The van der Waals surface area contributed by atoms with E-state index in [1.807, 2.05) is 18.5 Å². The topological polar surface area (TPSA) is 24.9 Å². The summed E-state index contributed by atoms with van der Waals surface area (Å²) in [7, 11) is 0. The van der Waals surface area contributed by atoms with Crippen molar-refractivity contribution < 1.29 is 0 Å². The van der Waals surface area contributed by atoms with E-state index in [1.165, 1.54) is 16.3 Å². The van der Waals surface area contributed by atoms with Crippen LogP contribution in [0.25, 0.3) is 16.8 Å². The van der Waals surface area contributed by atoms with Crippen LogP contribution >= 0.6 is 0 Å². The fourth-order valence-electron chi connectivity index (χ4n) is 1.91. The van der Waals surface area contributed by atoms with Crippen molar-refractivity contribution in [3.63, 3.8) is 0 Å². The first-order chi connectivity index (χ1) is 8.77. The van der Waals surface area contributed by atoms with E-state index in [9.17, 15) is 0 Å². The molecule has 0 aliphatic carbocycles. The van der Waals surface area contributed by atoms with E-state index < -0.39 is 0 Å². The second kappa shape index (κ2) is 6.31. The van der Waals surface area contributed by atoms with Crippen LogP contribution in [0.15, 0.2) is 42.7 Å². The molecule has 94 valence electrons. The number of pyridine rings is 1. The SMILES string of the molecule is CC(C)CNC/C=C/c1cncc2ccccc12. The van der Waals surface area contributed by atoms with Crippen molar-refractivity contribution in [1.29, 1.82) is 0 Å². The highest BCUT2D eigenvalue weighted by atomic mass is 14.8. The monoisotopic (exact) mass is 240 g/mol. The normalized spacial score (nSPS) is 11.7. The van der Waals surface area contributed by atoms with Gasteiger partial charge in [-0.3, -0.25) is 4.98 Å². The molecule has 1 N–H and O–H groups in total. The maximum atomic E-state index is 4.27. The third kappa shape index (κ3) is 3.41. The molecule has 1 heterocycles. The summed E-state index contributed by atoms with van der Waals surface area (Å²) in [6.07, 6.45) is 8.12. The lowest BCUT2D eigenvalue weighted by Gasteiger charge is -2.04. The standard InChI is InChI=1S/C16H20N2/c1-13(2)10-17-9-5-7-15-12-18-11-14-6-3-4-8-16(14)15/h3-8,11-13,17H,9-10H2,1-2H3/b7-5+. The average Bonchev–Trinajstić information content (AvgIpc) is 2.38. The molecule has 0 saturated carbocycles. The second-order valence-corrected chi connectivity index (χ2v) is 4.90. The number of hydrogen-bond donors (Lipinski definition) is 1. The van der Waals surface area contributed by atoms with Crippen LogP contribution in [0.5, 0.6) is 0 Å². The van der Waals surface area contributed by atoms with Crippen LogP contribution < -0.4 is 5.32 Å². The zero-order valence-electron chi connectivity index (χ0n) is 11.1. The Morgan fingerprint density at radius 2 is 2.06 bits per heavy atom. The third-order valence-electron chi connectivity index (χ3n) is 2.81. The summed E-state index contributed by atoms with van der Waals surface area (Å²) in [5, 5.41) is 5.84. The van der Waals surface area contributed by atoms with Gasteiger partial charge in [0.05, 0.1) is 0 Å². The van der Waals surface area contributed by atoms with Gasteiger partial charge in [0.1, 0.15) is 0 Å². The van der Waals surface area contributed by atoms with Gasteiger partial charge in [0, 0.05) is 29.9 Å². The minimum Gasteiger partial charge on any atom is -0.313 e. The Balaban J connectivity index is 2.05. The lowest BCUT2D eigenvalue weighted by molar-refractivity contribution is 0.577. The van der Waals surface area contributed by atoms with E-state index in [1.54, 1.807) is 0 Å². The maximum absolute atomic E-state index is 4.27. The van der Waals surface area contributed by atoms with Crippen LogP contribution in [0.3, 0.4) is 0 Å². The van der Waals surface area contributed by atoms with Gasteiger partial charge >= 0.3 is 0 Å². The Kier molecular flexibility index (Phi) is 4.48. The van der Waals surface area contributed by atoms with Crippen LogP contribution in [-0.2, 0) is 0 Å². The molecule has 0 aliphatic heterocycles. The minimum atomic E-state index is 0.692. The van der Waals surface area contributed by atoms with E-state index in [0.29, 0.717) is 5.92 Å². The molecule has 2 aromatic rings. The fourth-order valence-corrected chi connectivity index (χ4v) is 1.91. The Labute approximate surface area is 109 Å². The minimum absolute atomic E-state index is 0.692. The van der Waals surface area contributed by atoms with Crippen molar-refractivity contribution in [3.8, 4) is 0 Å². The molecular weight excluding hydrogens is 220 g/mol. The van der Waals surface area contributed by atoms with Crippen LogP contribution in [0.4, 0.5) is 0 Å². The van der Waals surface area contributed by atoms with Crippen LogP contribution in [-0.4, -0.2) is 18.1 Å². The number of rotatable bonds is 5. The first kappa shape index (κ1) is 12.8. The molecule has 0 saturated heterocycles. The molecule has 0 amide bonds. The van der Waals surface area contributed by atoms with Gasteiger partial charge in [-0.2, -0.15) is 0 Å². The number of hydrogen-bond acceptors (Lipinski definition) is 2. The van der Waals surface area contributed by atoms with Crippen molar-refractivity contribution in [3.05, 3.63) is 48.3 Å². The van der Waals surface area contributed by atoms with E-state index in [-0.39, 0.29) is 0 Å². The van der Waals surface area contributed by atoms with E-state index >= 15 is 0 Å². The van der Waals surface area contributed by atoms with Gasteiger partial charge in [0.2, 0.25) is 0 Å². The summed E-state index contributed by atoms with van der Waals surface area (Å²) in [6.45, 7) is 6.39. The Bertz CT molecular complexity index is 524. The van der Waals surface area contributed by atoms with E-state index in [2.05, 4.69) is 54.5 Å². The number of nitrogens with zero attached hydrogens (tertiary/aromatic N) is 1. The van der Waals surface area contributed by atoms with Crippen LogP contribution in [0.2, 0.25) is 0 Å². The molecule has 2 heteroatoms. The predicted octanol–water partition coefficient (Wildman–Crippen LogP) is 3.49. The van der Waals surface area contributed by atoms with Crippen molar-refractivity contribution in [2.24, 2.45) is 5.92 Å². The summed E-state index contributed by atoms with van der Waals surface area (Å²) in [5.41, 5.74) is 1.18. The van der Waals surface area contributed by atoms with E-state index in [4.69, 9.17) is 0 Å². The molecule has 0 aliphatic rings. The quantitative estimate of drug-likeness (QED) is 0.809. The molecule has 2 rings (SSSR count). The molecule has 0 unspecified atom stereocenters. The highest BCUT2D eigenvalue weighted by Gasteiger charge is 1.96. The molecule has 0 spiro atoms. The van der Waals surface area contributed by atoms with Crippen molar-refractivity contribution in [2.75, 3.05) is 13.1 Å². The first-order valence-electron chi connectivity index (χ1n) is 6.47. The fraction of sp³-hybridized carbons (Fsp3) is 0.312. The molecule has 1 aromatic carbocycles. The molecule has 0 radical (unpaired) electrons. The highest BCUT2D eigenvalue weighted by Crippen LogP contribution is 2.17. The third-order valence-corrected chi connectivity index (χ3v) is 2.81. The van der Waals surface area contributed by atoms with Gasteiger partial charge in [0.25, 0.3) is 0 Å². The van der Waals surface area contributed by atoms with Gasteiger partial charge in [-0.25, -0.2) is 0 Å². The lowest BCUT2D eigenvalue weighted by Crippen LogP contribution is -2.19. The smallest absolute Gasteiger partial charge is 0.0346 e. The molecular formula is C16H20N2. The number of nitrogens with one attached hydrogen (secondary N) is 1.